The summed E-state index contributed by atoms with van der Waals surface area (Å²) in [5.74, 6) is -0.618. The predicted octanol–water partition coefficient (Wildman–Crippen LogP) is 2.39. The minimum absolute atomic E-state index is 0.276. The Hall–Kier alpha value is -2.70. The number of anilines is 1. The highest BCUT2D eigenvalue weighted by atomic mass is 16.5. The van der Waals surface area contributed by atoms with E-state index in [1.807, 2.05) is 30.3 Å². The highest BCUT2D eigenvalue weighted by Gasteiger charge is 2.21. The van der Waals surface area contributed by atoms with Crippen molar-refractivity contribution in [3.8, 4) is 0 Å². The third-order valence-corrected chi connectivity index (χ3v) is 3.60. The standard InChI is InChI=1S/C19H22N2O4/c1-24-13-12-20-18(22)15-10-6-7-11-16(15)21-19(23)17(25-2)14-8-4-3-5-9-14/h3-11,17H,12-13H2,1-2H3,(H,20,22)(H,21,23)/t17-/m0/s1. The van der Waals surface area contributed by atoms with Gasteiger partial charge >= 0.3 is 0 Å². The summed E-state index contributed by atoms with van der Waals surface area (Å²) in [6.07, 6.45) is -0.759. The van der Waals surface area contributed by atoms with Crippen molar-refractivity contribution in [3.05, 3.63) is 65.7 Å². The molecule has 2 N–H and O–H groups in total. The number of nitrogens with one attached hydrogen (secondary N) is 2. The van der Waals surface area contributed by atoms with Gasteiger partial charge in [-0.2, -0.15) is 0 Å². The van der Waals surface area contributed by atoms with E-state index < -0.39 is 6.10 Å². The summed E-state index contributed by atoms with van der Waals surface area (Å²) in [4.78, 5) is 24.9. The van der Waals surface area contributed by atoms with E-state index in [1.165, 1.54) is 7.11 Å². The van der Waals surface area contributed by atoms with Crippen LogP contribution in [0, 0.1) is 0 Å². The Balaban J connectivity index is 2.14. The fourth-order valence-electron chi connectivity index (χ4n) is 2.37. The number of hydrogen-bond acceptors (Lipinski definition) is 4. The predicted molar refractivity (Wildman–Crippen MR) is 95.5 cm³/mol. The smallest absolute Gasteiger partial charge is 0.258 e. The van der Waals surface area contributed by atoms with Crippen molar-refractivity contribution in [2.45, 2.75) is 6.10 Å². The average molecular weight is 342 g/mol. The Kier molecular flexibility index (Phi) is 7.13. The van der Waals surface area contributed by atoms with Gasteiger partial charge in [0.15, 0.2) is 6.10 Å². The Morgan fingerprint density at radius 3 is 2.36 bits per heavy atom. The largest absolute Gasteiger partial charge is 0.383 e. The molecule has 1 atom stereocenters. The minimum Gasteiger partial charge on any atom is -0.383 e. The van der Waals surface area contributed by atoms with Gasteiger partial charge in [0.25, 0.3) is 11.8 Å². The second kappa shape index (κ2) is 9.56. The van der Waals surface area contributed by atoms with Gasteiger partial charge in [0.2, 0.25) is 0 Å². The van der Waals surface area contributed by atoms with Crippen LogP contribution in [0.4, 0.5) is 5.69 Å². The van der Waals surface area contributed by atoms with E-state index in [-0.39, 0.29) is 11.8 Å². The third kappa shape index (κ3) is 5.14. The summed E-state index contributed by atoms with van der Waals surface area (Å²) in [5.41, 5.74) is 1.56. The molecule has 0 saturated carbocycles. The number of carbonyl (C=O) groups is 2. The van der Waals surface area contributed by atoms with E-state index in [2.05, 4.69) is 10.6 Å². The van der Waals surface area contributed by atoms with Crippen LogP contribution in [0.5, 0.6) is 0 Å². The van der Waals surface area contributed by atoms with Gasteiger partial charge < -0.3 is 20.1 Å². The lowest BCUT2D eigenvalue weighted by Crippen LogP contribution is -2.29. The number of carbonyl (C=O) groups excluding carboxylic acids is 2. The molecule has 6 heteroatoms. The van der Waals surface area contributed by atoms with Crippen molar-refractivity contribution in [2.75, 3.05) is 32.7 Å². The van der Waals surface area contributed by atoms with E-state index in [1.54, 1.807) is 31.4 Å². The molecule has 0 saturated heterocycles. The molecule has 2 aromatic carbocycles. The van der Waals surface area contributed by atoms with E-state index in [9.17, 15) is 9.59 Å². The molecule has 0 bridgehead atoms. The van der Waals surface area contributed by atoms with Crippen LogP contribution >= 0.6 is 0 Å². The van der Waals surface area contributed by atoms with Gasteiger partial charge in [0.1, 0.15) is 0 Å². The first-order chi connectivity index (χ1) is 12.2. The zero-order valence-electron chi connectivity index (χ0n) is 14.3. The molecule has 2 rings (SSSR count). The molecular formula is C19H22N2O4. The first-order valence-electron chi connectivity index (χ1n) is 7.92. The molecule has 6 nitrogen and oxygen atoms in total. The number of hydrogen-bond donors (Lipinski definition) is 2. The zero-order valence-corrected chi connectivity index (χ0v) is 14.3. The second-order valence-corrected chi connectivity index (χ2v) is 5.31. The van der Waals surface area contributed by atoms with Gasteiger partial charge in [-0.1, -0.05) is 42.5 Å². The van der Waals surface area contributed by atoms with Gasteiger partial charge in [-0.05, 0) is 17.7 Å². The molecule has 2 aromatic rings. The number of amides is 2. The lowest BCUT2D eigenvalue weighted by atomic mass is 10.1. The van der Waals surface area contributed by atoms with Crippen molar-refractivity contribution < 1.29 is 19.1 Å². The van der Waals surface area contributed by atoms with Gasteiger partial charge in [0, 0.05) is 20.8 Å². The van der Waals surface area contributed by atoms with E-state index in [0.29, 0.717) is 24.4 Å². The van der Waals surface area contributed by atoms with Crippen molar-refractivity contribution >= 4 is 17.5 Å². The van der Waals surface area contributed by atoms with Crippen LogP contribution in [-0.4, -0.2) is 39.2 Å². The number of para-hydroxylation sites is 1. The maximum atomic E-state index is 12.6. The molecule has 0 aliphatic rings. The minimum atomic E-state index is -0.759. The van der Waals surface area contributed by atoms with Crippen molar-refractivity contribution in [1.82, 2.24) is 5.32 Å². The molecule has 0 unspecified atom stereocenters. The lowest BCUT2D eigenvalue weighted by molar-refractivity contribution is -0.126. The Labute approximate surface area is 147 Å². The van der Waals surface area contributed by atoms with Gasteiger partial charge in [-0.3, -0.25) is 9.59 Å². The van der Waals surface area contributed by atoms with Crippen LogP contribution in [0.1, 0.15) is 22.0 Å². The summed E-state index contributed by atoms with van der Waals surface area (Å²) in [5, 5.41) is 5.52. The molecule has 0 fully saturated rings. The summed E-state index contributed by atoms with van der Waals surface area (Å²) in [6.45, 7) is 0.808. The molecule has 0 heterocycles. The number of ether oxygens (including phenoxy) is 2. The quantitative estimate of drug-likeness (QED) is 0.722. The number of benzene rings is 2. The normalized spacial score (nSPS) is 11.6. The molecule has 132 valence electrons. The maximum absolute atomic E-state index is 12.6. The van der Waals surface area contributed by atoms with Crippen LogP contribution in [0.15, 0.2) is 54.6 Å². The average Bonchev–Trinajstić information content (AvgIpc) is 2.64. The molecule has 0 aliphatic heterocycles. The highest BCUT2D eigenvalue weighted by molar-refractivity contribution is 6.04. The van der Waals surface area contributed by atoms with Crippen LogP contribution < -0.4 is 10.6 Å². The molecule has 0 aliphatic carbocycles. The summed E-state index contributed by atoms with van der Waals surface area (Å²) < 4.78 is 10.2. The summed E-state index contributed by atoms with van der Waals surface area (Å²) >= 11 is 0. The van der Waals surface area contributed by atoms with Crippen molar-refractivity contribution in [3.63, 3.8) is 0 Å². The van der Waals surface area contributed by atoms with E-state index in [4.69, 9.17) is 9.47 Å². The Morgan fingerprint density at radius 2 is 1.68 bits per heavy atom. The van der Waals surface area contributed by atoms with Crippen molar-refractivity contribution in [2.24, 2.45) is 0 Å². The van der Waals surface area contributed by atoms with Gasteiger partial charge in [-0.15, -0.1) is 0 Å². The van der Waals surface area contributed by atoms with Crippen LogP contribution in [0.2, 0.25) is 0 Å². The topological polar surface area (TPSA) is 76.7 Å². The second-order valence-electron chi connectivity index (χ2n) is 5.31. The number of methoxy groups -OCH3 is 2. The maximum Gasteiger partial charge on any atom is 0.258 e. The molecule has 2 amide bonds. The molecular weight excluding hydrogens is 320 g/mol. The van der Waals surface area contributed by atoms with Gasteiger partial charge in [-0.25, -0.2) is 0 Å². The summed E-state index contributed by atoms with van der Waals surface area (Å²) in [7, 11) is 3.04. The fraction of sp³-hybridized carbons (Fsp3) is 0.263. The van der Waals surface area contributed by atoms with E-state index in [0.717, 1.165) is 5.56 Å². The summed E-state index contributed by atoms with van der Waals surface area (Å²) in [6, 6.07) is 16.0. The first kappa shape index (κ1) is 18.6. The Morgan fingerprint density at radius 1 is 1.00 bits per heavy atom. The molecule has 0 radical (unpaired) electrons. The first-order valence-corrected chi connectivity index (χ1v) is 7.92. The molecule has 0 spiro atoms. The highest BCUT2D eigenvalue weighted by Crippen LogP contribution is 2.21. The van der Waals surface area contributed by atoms with Gasteiger partial charge in [0.05, 0.1) is 17.9 Å². The number of rotatable bonds is 8. The third-order valence-electron chi connectivity index (χ3n) is 3.60. The molecule has 0 aromatic heterocycles. The SMILES string of the molecule is COCCNC(=O)c1ccccc1NC(=O)[C@@H](OC)c1ccccc1. The van der Waals surface area contributed by atoms with Crippen LogP contribution in [-0.2, 0) is 14.3 Å². The monoisotopic (exact) mass is 342 g/mol. The Bertz CT molecular complexity index is 704. The fourth-order valence-corrected chi connectivity index (χ4v) is 2.37. The zero-order chi connectivity index (χ0) is 18.1. The van der Waals surface area contributed by atoms with Crippen LogP contribution in [0.3, 0.4) is 0 Å². The van der Waals surface area contributed by atoms with Crippen molar-refractivity contribution in [1.29, 1.82) is 0 Å². The lowest BCUT2D eigenvalue weighted by Gasteiger charge is -2.17. The van der Waals surface area contributed by atoms with E-state index >= 15 is 0 Å². The molecule has 25 heavy (non-hydrogen) atoms. The van der Waals surface area contributed by atoms with Crippen LogP contribution in [0.25, 0.3) is 0 Å².